The van der Waals surface area contributed by atoms with E-state index in [1.54, 1.807) is 25.3 Å². The highest BCUT2D eigenvalue weighted by molar-refractivity contribution is 7.99. The molecule has 1 atom stereocenters. The molecule has 158 valence electrons. The topological polar surface area (TPSA) is 66.1 Å². The summed E-state index contributed by atoms with van der Waals surface area (Å²) in [4.78, 5) is 36.0. The Morgan fingerprint density at radius 1 is 1.33 bits per heavy atom. The van der Waals surface area contributed by atoms with E-state index in [9.17, 15) is 18.4 Å². The van der Waals surface area contributed by atoms with Crippen molar-refractivity contribution < 1.29 is 13.6 Å². The summed E-state index contributed by atoms with van der Waals surface area (Å²) in [6.45, 7) is 1.76. The Hall–Kier alpha value is -2.26. The quantitative estimate of drug-likeness (QED) is 0.612. The summed E-state index contributed by atoms with van der Waals surface area (Å²) in [6, 6.07) is 3.25. The number of aromatic nitrogens is 2. The first kappa shape index (κ1) is 21.0. The number of H-pyrrole nitrogens is 1. The number of thiophene rings is 1. The van der Waals surface area contributed by atoms with Crippen molar-refractivity contribution >= 4 is 39.2 Å². The number of fused-ring (bicyclic) bond motifs is 3. The van der Waals surface area contributed by atoms with Gasteiger partial charge in [0.1, 0.15) is 10.7 Å². The number of hydrogen-bond donors (Lipinski definition) is 1. The van der Waals surface area contributed by atoms with E-state index in [-0.39, 0.29) is 17.2 Å². The minimum atomic E-state index is -0.931. The largest absolute Gasteiger partial charge is 0.338 e. The van der Waals surface area contributed by atoms with Gasteiger partial charge in [0.05, 0.1) is 22.9 Å². The Morgan fingerprint density at radius 2 is 2.13 bits per heavy atom. The zero-order valence-corrected chi connectivity index (χ0v) is 18.3. The Labute approximate surface area is 180 Å². The number of hydrogen-bond acceptors (Lipinski definition) is 5. The summed E-state index contributed by atoms with van der Waals surface area (Å²) in [5.41, 5.74) is 1.56. The van der Waals surface area contributed by atoms with Crippen molar-refractivity contribution in [3.05, 3.63) is 62.0 Å². The molecule has 1 aliphatic rings. The number of rotatable bonds is 6. The third-order valence-corrected chi connectivity index (χ3v) is 7.60. The number of thioether (sulfide) groups is 1. The molecule has 1 aliphatic carbocycles. The lowest BCUT2D eigenvalue weighted by Gasteiger charge is -2.25. The second kappa shape index (κ2) is 8.47. The number of halogens is 2. The van der Waals surface area contributed by atoms with E-state index in [0.29, 0.717) is 17.1 Å². The molecule has 0 bridgehead atoms. The van der Waals surface area contributed by atoms with Crippen LogP contribution in [0.4, 0.5) is 8.78 Å². The van der Waals surface area contributed by atoms with Crippen molar-refractivity contribution in [2.24, 2.45) is 0 Å². The molecule has 0 fully saturated rings. The molecular weight excluding hydrogens is 428 g/mol. The molecule has 1 N–H and O–H groups in total. The van der Waals surface area contributed by atoms with Crippen LogP contribution in [-0.2, 0) is 23.4 Å². The fourth-order valence-electron chi connectivity index (χ4n) is 3.66. The Morgan fingerprint density at radius 3 is 2.90 bits per heavy atom. The van der Waals surface area contributed by atoms with E-state index in [1.165, 1.54) is 27.6 Å². The Bertz CT molecular complexity index is 1180. The molecule has 0 spiro atoms. The third-order valence-electron chi connectivity index (χ3n) is 5.49. The van der Waals surface area contributed by atoms with Gasteiger partial charge in [-0.05, 0) is 49.4 Å². The maximum atomic E-state index is 13.5. The first-order chi connectivity index (χ1) is 14.3. The van der Waals surface area contributed by atoms with E-state index in [4.69, 9.17) is 0 Å². The van der Waals surface area contributed by atoms with Gasteiger partial charge < -0.3 is 9.88 Å². The van der Waals surface area contributed by atoms with Crippen LogP contribution in [0.5, 0.6) is 0 Å². The Kier molecular flexibility index (Phi) is 5.92. The summed E-state index contributed by atoms with van der Waals surface area (Å²) in [6.07, 6.45) is 3.04. The normalized spacial score (nSPS) is 14.1. The lowest BCUT2D eigenvalue weighted by molar-refractivity contribution is -0.128. The Balaban J connectivity index is 1.38. The zero-order valence-electron chi connectivity index (χ0n) is 16.6. The van der Waals surface area contributed by atoms with Gasteiger partial charge in [-0.1, -0.05) is 6.07 Å². The molecular formula is C21H21F2N3O2S2. The second-order valence-electron chi connectivity index (χ2n) is 7.40. The number of carbonyl (C=O) groups is 1. The predicted molar refractivity (Wildman–Crippen MR) is 116 cm³/mol. The van der Waals surface area contributed by atoms with Crippen LogP contribution in [0.15, 0.2) is 23.0 Å². The minimum absolute atomic E-state index is 0.106. The second-order valence-corrected chi connectivity index (χ2v) is 9.47. The summed E-state index contributed by atoms with van der Waals surface area (Å²) < 4.78 is 26.6. The molecule has 0 saturated heterocycles. The minimum Gasteiger partial charge on any atom is -0.338 e. The maximum absolute atomic E-state index is 13.5. The average molecular weight is 450 g/mol. The summed E-state index contributed by atoms with van der Waals surface area (Å²) in [5.74, 6) is -0.832. The first-order valence-corrected chi connectivity index (χ1v) is 11.6. The lowest BCUT2D eigenvalue weighted by atomic mass is 10.1. The number of aromatic amines is 1. The highest BCUT2D eigenvalue weighted by atomic mass is 32.2. The zero-order chi connectivity index (χ0) is 21.4. The van der Waals surface area contributed by atoms with Crippen molar-refractivity contribution in [2.75, 3.05) is 12.8 Å². The molecule has 30 heavy (non-hydrogen) atoms. The number of amides is 1. The van der Waals surface area contributed by atoms with E-state index >= 15 is 0 Å². The molecule has 1 unspecified atom stereocenters. The monoisotopic (exact) mass is 449 g/mol. The van der Waals surface area contributed by atoms with Crippen LogP contribution in [0, 0.1) is 11.6 Å². The molecule has 2 aromatic heterocycles. The smallest absolute Gasteiger partial charge is 0.259 e. The van der Waals surface area contributed by atoms with Crippen LogP contribution in [0.1, 0.15) is 41.2 Å². The number of benzene rings is 1. The van der Waals surface area contributed by atoms with Crippen molar-refractivity contribution in [2.45, 2.75) is 38.0 Å². The van der Waals surface area contributed by atoms with E-state index in [1.807, 2.05) is 0 Å². The third kappa shape index (κ3) is 4.00. The van der Waals surface area contributed by atoms with Crippen molar-refractivity contribution in [3.8, 4) is 0 Å². The highest BCUT2D eigenvalue weighted by Crippen LogP contribution is 2.34. The van der Waals surface area contributed by atoms with Crippen LogP contribution in [0.25, 0.3) is 10.2 Å². The van der Waals surface area contributed by atoms with Gasteiger partial charge in [0.25, 0.3) is 5.56 Å². The van der Waals surface area contributed by atoms with E-state index < -0.39 is 17.7 Å². The molecule has 0 radical (unpaired) electrons. The maximum Gasteiger partial charge on any atom is 0.259 e. The van der Waals surface area contributed by atoms with Crippen molar-refractivity contribution in [3.63, 3.8) is 0 Å². The molecule has 3 aromatic rings. The number of aryl methyl sites for hydroxylation is 2. The molecule has 0 aliphatic heterocycles. The van der Waals surface area contributed by atoms with Gasteiger partial charge in [0.15, 0.2) is 11.6 Å². The summed E-state index contributed by atoms with van der Waals surface area (Å²) >= 11 is 2.95. The van der Waals surface area contributed by atoms with E-state index in [2.05, 4.69) is 9.97 Å². The van der Waals surface area contributed by atoms with Gasteiger partial charge in [-0.25, -0.2) is 13.8 Å². The molecule has 1 amide bonds. The number of nitrogens with zero attached hydrogens (tertiary/aromatic N) is 2. The molecule has 1 aromatic carbocycles. The number of carbonyl (C=O) groups excluding carboxylic acids is 1. The van der Waals surface area contributed by atoms with Crippen LogP contribution in [-0.4, -0.2) is 33.6 Å². The van der Waals surface area contributed by atoms with Crippen LogP contribution in [0.2, 0.25) is 0 Å². The summed E-state index contributed by atoms with van der Waals surface area (Å²) in [5, 5.41) is 0.720. The van der Waals surface area contributed by atoms with Crippen molar-refractivity contribution in [1.29, 1.82) is 0 Å². The van der Waals surface area contributed by atoms with Crippen LogP contribution in [0.3, 0.4) is 0 Å². The molecule has 0 saturated carbocycles. The highest BCUT2D eigenvalue weighted by Gasteiger charge is 2.22. The fraction of sp³-hybridized carbons (Fsp3) is 0.381. The standard InChI is InChI=1S/C21H21F2N3O2S2/c1-11(12-6-7-14(22)15(23)8-12)26(2)18(27)10-29-9-17-24-20(28)19-13-4-3-5-16(13)30-21(19)25-17/h6-8,11H,3-5,9-10H2,1-2H3,(H,24,25,28). The van der Waals surface area contributed by atoms with Crippen molar-refractivity contribution in [1.82, 2.24) is 14.9 Å². The molecule has 5 nitrogen and oxygen atoms in total. The van der Waals surface area contributed by atoms with Gasteiger partial charge in [-0.3, -0.25) is 9.59 Å². The average Bonchev–Trinajstić information content (AvgIpc) is 3.29. The van der Waals surface area contributed by atoms with E-state index in [0.717, 1.165) is 47.2 Å². The molecule has 4 rings (SSSR count). The fourth-order valence-corrected chi connectivity index (χ4v) is 5.76. The SMILES string of the molecule is CC(c1ccc(F)c(F)c1)N(C)C(=O)CSCc1nc2sc3c(c2c(=O)[nH]1)CCC3. The predicted octanol–water partition coefficient (Wildman–Crippen LogP) is 4.20. The van der Waals surface area contributed by atoms with Crippen LogP contribution < -0.4 is 5.56 Å². The molecule has 2 heterocycles. The lowest BCUT2D eigenvalue weighted by Crippen LogP contribution is -2.31. The first-order valence-electron chi connectivity index (χ1n) is 9.67. The van der Waals surface area contributed by atoms with Gasteiger partial charge >= 0.3 is 0 Å². The van der Waals surface area contributed by atoms with Gasteiger partial charge in [0, 0.05) is 11.9 Å². The van der Waals surface area contributed by atoms with Gasteiger partial charge in [-0.2, -0.15) is 0 Å². The molecule has 9 heteroatoms. The van der Waals surface area contributed by atoms with Gasteiger partial charge in [-0.15, -0.1) is 23.1 Å². The summed E-state index contributed by atoms with van der Waals surface area (Å²) in [7, 11) is 1.63. The number of nitrogens with one attached hydrogen (secondary N) is 1. The van der Waals surface area contributed by atoms with Crippen LogP contribution >= 0.6 is 23.1 Å². The van der Waals surface area contributed by atoms with Gasteiger partial charge in [0.2, 0.25) is 5.91 Å².